The first-order chi connectivity index (χ1) is 8.96. The molecule has 1 N–H and O–H groups in total. The van der Waals surface area contributed by atoms with Gasteiger partial charge in [0.05, 0.1) is 31.1 Å². The van der Waals surface area contributed by atoms with Gasteiger partial charge in [-0.15, -0.1) is 0 Å². The molecule has 7 heteroatoms. The van der Waals surface area contributed by atoms with E-state index in [1.807, 2.05) is 0 Å². The summed E-state index contributed by atoms with van der Waals surface area (Å²) < 4.78 is 10.0. The van der Waals surface area contributed by atoms with E-state index in [0.717, 1.165) is 0 Å². The molecule has 104 valence electrons. The smallest absolute Gasteiger partial charge is 0.311 e. The van der Waals surface area contributed by atoms with Crippen LogP contribution in [0.3, 0.4) is 0 Å². The Morgan fingerprint density at radius 1 is 1.37 bits per heavy atom. The fraction of sp³-hybridized carbons (Fsp3) is 0.417. The van der Waals surface area contributed by atoms with E-state index >= 15 is 0 Å². The van der Waals surface area contributed by atoms with Gasteiger partial charge in [0.25, 0.3) is 5.69 Å². The SMILES string of the molecule is CCC(C(=O)O)c1cc(OC)c(OC)cc1[N+](=O)[O-]. The number of hydrogen-bond donors (Lipinski definition) is 1. The number of aliphatic carboxylic acids is 1. The quantitative estimate of drug-likeness (QED) is 0.627. The Morgan fingerprint density at radius 2 is 1.89 bits per heavy atom. The third-order valence-electron chi connectivity index (χ3n) is 2.81. The highest BCUT2D eigenvalue weighted by Crippen LogP contribution is 2.38. The van der Waals surface area contributed by atoms with Crippen molar-refractivity contribution >= 4 is 11.7 Å². The normalized spacial score (nSPS) is 11.7. The molecule has 1 unspecified atom stereocenters. The number of methoxy groups -OCH3 is 2. The molecular weight excluding hydrogens is 254 g/mol. The van der Waals surface area contributed by atoms with Crippen LogP contribution < -0.4 is 9.47 Å². The van der Waals surface area contributed by atoms with Gasteiger partial charge in [0.1, 0.15) is 0 Å². The summed E-state index contributed by atoms with van der Waals surface area (Å²) in [4.78, 5) is 21.6. The number of benzene rings is 1. The Labute approximate surface area is 109 Å². The van der Waals surface area contributed by atoms with Gasteiger partial charge in [-0.3, -0.25) is 14.9 Å². The Morgan fingerprint density at radius 3 is 2.26 bits per heavy atom. The van der Waals surface area contributed by atoms with E-state index in [0.29, 0.717) is 0 Å². The van der Waals surface area contributed by atoms with Crippen LogP contribution in [0.2, 0.25) is 0 Å². The van der Waals surface area contributed by atoms with Crippen molar-refractivity contribution in [3.8, 4) is 11.5 Å². The second kappa shape index (κ2) is 6.03. The molecule has 0 aliphatic carbocycles. The number of carboxylic acid groups (broad SMARTS) is 1. The fourth-order valence-electron chi connectivity index (χ4n) is 1.85. The Bertz CT molecular complexity index is 499. The summed E-state index contributed by atoms with van der Waals surface area (Å²) in [5.41, 5.74) is -0.176. The lowest BCUT2D eigenvalue weighted by Crippen LogP contribution is -2.13. The Balaban J connectivity index is 3.51. The molecule has 1 aromatic carbocycles. The maximum absolute atomic E-state index is 11.2. The number of carbonyl (C=O) groups is 1. The maximum Gasteiger partial charge on any atom is 0.311 e. The number of rotatable bonds is 6. The minimum absolute atomic E-state index is 0.109. The lowest BCUT2D eigenvalue weighted by molar-refractivity contribution is -0.385. The minimum Gasteiger partial charge on any atom is -0.493 e. The molecule has 0 saturated carbocycles. The van der Waals surface area contributed by atoms with Crippen LogP contribution in [0.15, 0.2) is 12.1 Å². The van der Waals surface area contributed by atoms with Gasteiger partial charge in [-0.2, -0.15) is 0 Å². The number of ether oxygens (including phenoxy) is 2. The van der Waals surface area contributed by atoms with Gasteiger partial charge in [-0.1, -0.05) is 6.92 Å². The fourth-order valence-corrected chi connectivity index (χ4v) is 1.85. The first-order valence-electron chi connectivity index (χ1n) is 5.59. The predicted octanol–water partition coefficient (Wildman–Crippen LogP) is 2.19. The van der Waals surface area contributed by atoms with Crippen LogP contribution in [-0.4, -0.2) is 30.2 Å². The van der Waals surface area contributed by atoms with E-state index in [2.05, 4.69) is 0 Å². The molecule has 1 rings (SSSR count). The summed E-state index contributed by atoms with van der Waals surface area (Å²) in [5.74, 6) is -1.61. The van der Waals surface area contributed by atoms with Crippen molar-refractivity contribution in [3.63, 3.8) is 0 Å². The summed E-state index contributed by atoms with van der Waals surface area (Å²) in [6.45, 7) is 1.65. The number of nitro groups is 1. The summed E-state index contributed by atoms with van der Waals surface area (Å²) in [5, 5.41) is 20.2. The molecule has 19 heavy (non-hydrogen) atoms. The first-order valence-corrected chi connectivity index (χ1v) is 5.59. The molecule has 0 spiro atoms. The van der Waals surface area contributed by atoms with Crippen molar-refractivity contribution in [2.45, 2.75) is 19.3 Å². The van der Waals surface area contributed by atoms with E-state index in [4.69, 9.17) is 14.6 Å². The molecule has 0 aliphatic rings. The molecule has 1 aromatic rings. The molecule has 1 atom stereocenters. The zero-order chi connectivity index (χ0) is 14.6. The van der Waals surface area contributed by atoms with Crippen molar-refractivity contribution in [1.29, 1.82) is 0 Å². The predicted molar refractivity (Wildman–Crippen MR) is 66.9 cm³/mol. The zero-order valence-corrected chi connectivity index (χ0v) is 10.9. The molecule has 0 fully saturated rings. The molecule has 0 aliphatic heterocycles. The van der Waals surface area contributed by atoms with Gasteiger partial charge >= 0.3 is 5.97 Å². The third-order valence-corrected chi connectivity index (χ3v) is 2.81. The monoisotopic (exact) mass is 269 g/mol. The van der Waals surface area contributed by atoms with E-state index in [9.17, 15) is 14.9 Å². The highest BCUT2D eigenvalue weighted by molar-refractivity contribution is 5.78. The molecule has 7 nitrogen and oxygen atoms in total. The second-order valence-electron chi connectivity index (χ2n) is 3.82. The number of nitrogens with zero attached hydrogens (tertiary/aromatic N) is 1. The van der Waals surface area contributed by atoms with Gasteiger partial charge in [-0.05, 0) is 12.5 Å². The molecule has 0 aromatic heterocycles. The summed E-state index contributed by atoms with van der Waals surface area (Å²) in [6.07, 6.45) is 0.242. The third kappa shape index (κ3) is 2.93. The van der Waals surface area contributed by atoms with E-state index in [-0.39, 0.29) is 29.2 Å². The summed E-state index contributed by atoms with van der Waals surface area (Å²) in [6, 6.07) is 2.53. The van der Waals surface area contributed by atoms with Crippen LogP contribution in [0, 0.1) is 10.1 Å². The summed E-state index contributed by atoms with van der Waals surface area (Å²) >= 11 is 0. The lowest BCUT2D eigenvalue weighted by Gasteiger charge is -2.14. The molecule has 0 amide bonds. The first kappa shape index (κ1) is 14.7. The highest BCUT2D eigenvalue weighted by atomic mass is 16.6. The second-order valence-corrected chi connectivity index (χ2v) is 3.82. The standard InChI is InChI=1S/C12H15NO6/c1-4-7(12(14)15)8-5-10(18-2)11(19-3)6-9(8)13(16)17/h5-7H,4H2,1-3H3,(H,14,15). The number of carboxylic acids is 1. The highest BCUT2D eigenvalue weighted by Gasteiger charge is 2.29. The number of hydrogen-bond acceptors (Lipinski definition) is 5. The van der Waals surface area contributed by atoms with Crippen molar-refractivity contribution in [2.24, 2.45) is 0 Å². The van der Waals surface area contributed by atoms with Gasteiger partial charge in [0, 0.05) is 5.56 Å². The lowest BCUT2D eigenvalue weighted by atomic mass is 9.94. The van der Waals surface area contributed by atoms with Crippen molar-refractivity contribution in [2.75, 3.05) is 14.2 Å². The molecular formula is C12H15NO6. The Kier molecular flexibility index (Phi) is 4.68. The van der Waals surface area contributed by atoms with Gasteiger partial charge in [-0.25, -0.2) is 0 Å². The molecule has 0 heterocycles. The number of nitro benzene ring substituents is 1. The van der Waals surface area contributed by atoms with E-state index < -0.39 is 16.8 Å². The van der Waals surface area contributed by atoms with Crippen molar-refractivity contribution in [1.82, 2.24) is 0 Å². The summed E-state index contributed by atoms with van der Waals surface area (Å²) in [7, 11) is 2.74. The van der Waals surface area contributed by atoms with Crippen LogP contribution in [0.25, 0.3) is 0 Å². The van der Waals surface area contributed by atoms with Crippen LogP contribution in [0.5, 0.6) is 11.5 Å². The topological polar surface area (TPSA) is 98.9 Å². The average Bonchev–Trinajstić information content (AvgIpc) is 2.38. The van der Waals surface area contributed by atoms with Gasteiger partial charge < -0.3 is 14.6 Å². The van der Waals surface area contributed by atoms with Crippen molar-refractivity contribution < 1.29 is 24.3 Å². The van der Waals surface area contributed by atoms with Gasteiger partial charge in [0.2, 0.25) is 0 Å². The average molecular weight is 269 g/mol. The van der Waals surface area contributed by atoms with Crippen LogP contribution in [-0.2, 0) is 4.79 Å². The van der Waals surface area contributed by atoms with Crippen LogP contribution in [0.4, 0.5) is 5.69 Å². The minimum atomic E-state index is -1.11. The van der Waals surface area contributed by atoms with Crippen LogP contribution >= 0.6 is 0 Å². The zero-order valence-electron chi connectivity index (χ0n) is 10.9. The van der Waals surface area contributed by atoms with E-state index in [1.165, 1.54) is 26.4 Å². The molecule has 0 bridgehead atoms. The van der Waals surface area contributed by atoms with E-state index in [1.54, 1.807) is 6.92 Å². The van der Waals surface area contributed by atoms with Gasteiger partial charge in [0.15, 0.2) is 11.5 Å². The van der Waals surface area contributed by atoms with Crippen molar-refractivity contribution in [3.05, 3.63) is 27.8 Å². The van der Waals surface area contributed by atoms with Crippen LogP contribution in [0.1, 0.15) is 24.8 Å². The molecule has 0 radical (unpaired) electrons. The largest absolute Gasteiger partial charge is 0.493 e. The maximum atomic E-state index is 11.2. The Hall–Kier alpha value is -2.31. The molecule has 0 saturated heterocycles.